The molecule has 0 bridgehead atoms. The average Bonchev–Trinajstić information content (AvgIpc) is 2.83. The third-order valence-corrected chi connectivity index (χ3v) is 3.55. The first kappa shape index (κ1) is 13.6. The fourth-order valence-corrected chi connectivity index (χ4v) is 2.43. The van der Waals surface area contributed by atoms with E-state index in [0.717, 1.165) is 5.56 Å². The van der Waals surface area contributed by atoms with Gasteiger partial charge in [0, 0.05) is 19.5 Å². The smallest absolute Gasteiger partial charge is 0.314 e. The highest BCUT2D eigenvalue weighted by atomic mass is 16.6. The molecule has 0 spiro atoms. The van der Waals surface area contributed by atoms with E-state index in [2.05, 4.69) is 0 Å². The second kappa shape index (κ2) is 5.87. The van der Waals surface area contributed by atoms with Crippen LogP contribution in [0.25, 0.3) is 0 Å². The summed E-state index contributed by atoms with van der Waals surface area (Å²) in [5.41, 5.74) is 0.919. The van der Waals surface area contributed by atoms with Gasteiger partial charge in [0.2, 0.25) is 0 Å². The molecule has 1 fully saturated rings. The highest BCUT2D eigenvalue weighted by Gasteiger charge is 2.40. The largest absolute Gasteiger partial charge is 0.452 e. The quantitative estimate of drug-likeness (QED) is 0.778. The van der Waals surface area contributed by atoms with Crippen LogP contribution in [0.2, 0.25) is 0 Å². The molecule has 2 rings (SSSR count). The molecular formula is C15H19NO3. The van der Waals surface area contributed by atoms with Crippen molar-refractivity contribution in [3.8, 4) is 0 Å². The number of carbonyl (C=O) groups excluding carboxylic acids is 2. The first-order chi connectivity index (χ1) is 9.17. The maximum atomic E-state index is 12.2. The molecule has 2 atom stereocenters. The van der Waals surface area contributed by atoms with Gasteiger partial charge in [0.05, 0.1) is 5.92 Å². The Bertz CT molecular complexity index is 454. The molecule has 1 aromatic carbocycles. The monoisotopic (exact) mass is 261 g/mol. The van der Waals surface area contributed by atoms with Crippen molar-refractivity contribution in [2.24, 2.45) is 0 Å². The lowest BCUT2D eigenvalue weighted by atomic mass is 9.95. The summed E-state index contributed by atoms with van der Waals surface area (Å²) < 4.78 is 5.24. The Hall–Kier alpha value is -1.84. The topological polar surface area (TPSA) is 46.6 Å². The first-order valence-electron chi connectivity index (χ1n) is 6.71. The summed E-state index contributed by atoms with van der Waals surface area (Å²) in [7, 11) is 0. The van der Waals surface area contributed by atoms with Crippen LogP contribution in [-0.2, 0) is 14.3 Å². The third kappa shape index (κ3) is 2.78. The van der Waals surface area contributed by atoms with Gasteiger partial charge in [0.1, 0.15) is 0 Å². The zero-order chi connectivity index (χ0) is 13.8. The summed E-state index contributed by atoms with van der Waals surface area (Å²) in [6.45, 7) is 5.12. The molecule has 1 heterocycles. The van der Waals surface area contributed by atoms with E-state index in [-0.39, 0.29) is 17.8 Å². The fraction of sp³-hybridized carbons (Fsp3) is 0.467. The van der Waals surface area contributed by atoms with Crippen molar-refractivity contribution in [1.82, 2.24) is 4.90 Å². The van der Waals surface area contributed by atoms with Gasteiger partial charge in [0.25, 0.3) is 5.91 Å². The minimum atomic E-state index is -0.627. The van der Waals surface area contributed by atoms with Gasteiger partial charge in [-0.3, -0.25) is 9.59 Å². The maximum Gasteiger partial charge on any atom is 0.314 e. The van der Waals surface area contributed by atoms with Crippen LogP contribution in [0.3, 0.4) is 0 Å². The summed E-state index contributed by atoms with van der Waals surface area (Å²) in [5, 5.41) is 0. The highest BCUT2D eigenvalue weighted by Crippen LogP contribution is 2.31. The Balaban J connectivity index is 2.09. The number of ether oxygens (including phenoxy) is 1. The van der Waals surface area contributed by atoms with Gasteiger partial charge >= 0.3 is 5.97 Å². The number of hydrogen-bond acceptors (Lipinski definition) is 3. The Morgan fingerprint density at radius 2 is 1.89 bits per heavy atom. The number of nitrogens with zero attached hydrogens (tertiary/aromatic N) is 1. The maximum absolute atomic E-state index is 12.2. The second-order valence-corrected chi connectivity index (χ2v) is 4.64. The Morgan fingerprint density at radius 1 is 1.26 bits per heavy atom. The van der Waals surface area contributed by atoms with Crippen LogP contribution >= 0.6 is 0 Å². The van der Waals surface area contributed by atoms with Gasteiger partial charge in [-0.25, -0.2) is 0 Å². The van der Waals surface area contributed by atoms with Gasteiger partial charge in [-0.2, -0.15) is 0 Å². The molecule has 1 aromatic rings. The number of esters is 1. The predicted molar refractivity (Wildman–Crippen MR) is 71.6 cm³/mol. The molecule has 0 aromatic heterocycles. The SMILES string of the molecule is CCN(CC)C(=O)C1CC(c2ccccc2)C(=O)O1. The molecule has 0 saturated carbocycles. The standard InChI is InChI=1S/C15H19NO3/c1-3-16(4-2)14(17)13-10-12(15(18)19-13)11-8-6-5-7-9-11/h5-9,12-13H,3-4,10H2,1-2H3. The second-order valence-electron chi connectivity index (χ2n) is 4.64. The zero-order valence-electron chi connectivity index (χ0n) is 11.3. The number of amides is 1. The van der Waals surface area contributed by atoms with Crippen LogP contribution in [0.4, 0.5) is 0 Å². The van der Waals surface area contributed by atoms with Crippen LogP contribution < -0.4 is 0 Å². The van der Waals surface area contributed by atoms with Crippen LogP contribution in [-0.4, -0.2) is 36.0 Å². The third-order valence-electron chi connectivity index (χ3n) is 3.55. The molecule has 4 heteroatoms. The predicted octanol–water partition coefficient (Wildman–Crippen LogP) is 1.95. The van der Waals surface area contributed by atoms with Crippen molar-refractivity contribution in [2.45, 2.75) is 32.3 Å². The molecule has 4 nitrogen and oxygen atoms in total. The number of benzene rings is 1. The zero-order valence-corrected chi connectivity index (χ0v) is 11.3. The lowest BCUT2D eigenvalue weighted by molar-refractivity contribution is -0.153. The van der Waals surface area contributed by atoms with Gasteiger partial charge in [0.15, 0.2) is 6.10 Å². The van der Waals surface area contributed by atoms with Gasteiger partial charge in [-0.05, 0) is 19.4 Å². The van der Waals surface area contributed by atoms with Crippen molar-refractivity contribution >= 4 is 11.9 Å². The normalized spacial score (nSPS) is 22.1. The van der Waals surface area contributed by atoms with Crippen molar-refractivity contribution in [3.05, 3.63) is 35.9 Å². The molecule has 0 N–H and O–H groups in total. The fourth-order valence-electron chi connectivity index (χ4n) is 2.43. The Kier molecular flexibility index (Phi) is 4.20. The summed E-state index contributed by atoms with van der Waals surface area (Å²) in [6, 6.07) is 9.49. The van der Waals surface area contributed by atoms with E-state index in [4.69, 9.17) is 4.74 Å². The van der Waals surface area contributed by atoms with Crippen molar-refractivity contribution < 1.29 is 14.3 Å². The first-order valence-corrected chi connectivity index (χ1v) is 6.71. The van der Waals surface area contributed by atoms with Gasteiger partial charge in [-0.15, -0.1) is 0 Å². The Morgan fingerprint density at radius 3 is 2.47 bits per heavy atom. The lowest BCUT2D eigenvalue weighted by Crippen LogP contribution is -2.38. The highest BCUT2D eigenvalue weighted by molar-refractivity contribution is 5.89. The van der Waals surface area contributed by atoms with E-state index in [1.54, 1.807) is 4.90 Å². The summed E-state index contributed by atoms with van der Waals surface area (Å²) >= 11 is 0. The van der Waals surface area contributed by atoms with Crippen molar-refractivity contribution in [3.63, 3.8) is 0 Å². The summed E-state index contributed by atoms with van der Waals surface area (Å²) in [6.07, 6.45) is -0.185. The van der Waals surface area contributed by atoms with E-state index in [0.29, 0.717) is 19.5 Å². The molecular weight excluding hydrogens is 242 g/mol. The molecule has 1 amide bonds. The number of rotatable bonds is 4. The lowest BCUT2D eigenvalue weighted by Gasteiger charge is -2.21. The summed E-state index contributed by atoms with van der Waals surface area (Å²) in [4.78, 5) is 25.8. The molecule has 2 unspecified atom stereocenters. The number of hydrogen-bond donors (Lipinski definition) is 0. The molecule has 0 radical (unpaired) electrons. The van der Waals surface area contributed by atoms with Crippen LogP contribution in [0.1, 0.15) is 31.7 Å². The molecule has 102 valence electrons. The minimum absolute atomic E-state index is 0.0863. The average molecular weight is 261 g/mol. The number of carbonyl (C=O) groups is 2. The van der Waals surface area contributed by atoms with E-state index in [1.165, 1.54) is 0 Å². The van der Waals surface area contributed by atoms with Gasteiger partial charge < -0.3 is 9.64 Å². The Labute approximate surface area is 113 Å². The van der Waals surface area contributed by atoms with Crippen molar-refractivity contribution in [1.29, 1.82) is 0 Å². The summed E-state index contributed by atoms with van der Waals surface area (Å²) in [5.74, 6) is -0.695. The minimum Gasteiger partial charge on any atom is -0.452 e. The van der Waals surface area contributed by atoms with E-state index < -0.39 is 6.10 Å². The van der Waals surface area contributed by atoms with Crippen LogP contribution in [0.5, 0.6) is 0 Å². The molecule has 0 aliphatic carbocycles. The van der Waals surface area contributed by atoms with E-state index in [1.807, 2.05) is 44.2 Å². The van der Waals surface area contributed by atoms with E-state index in [9.17, 15) is 9.59 Å². The van der Waals surface area contributed by atoms with Crippen molar-refractivity contribution in [2.75, 3.05) is 13.1 Å². The molecule has 1 aliphatic heterocycles. The van der Waals surface area contributed by atoms with Crippen LogP contribution in [0.15, 0.2) is 30.3 Å². The van der Waals surface area contributed by atoms with E-state index >= 15 is 0 Å². The number of likely N-dealkylation sites (N-methyl/N-ethyl adjacent to an activating group) is 1. The molecule has 1 aliphatic rings. The molecule has 1 saturated heterocycles. The van der Waals surface area contributed by atoms with Crippen LogP contribution in [0, 0.1) is 0 Å². The molecule has 19 heavy (non-hydrogen) atoms. The van der Waals surface area contributed by atoms with Gasteiger partial charge in [-0.1, -0.05) is 30.3 Å². The number of cyclic esters (lactones) is 1.